The van der Waals surface area contributed by atoms with Crippen LogP contribution in [0.2, 0.25) is 5.02 Å². The maximum Gasteiger partial charge on any atom is 0.416 e. The first kappa shape index (κ1) is 21.4. The second-order valence-corrected chi connectivity index (χ2v) is 6.71. The van der Waals surface area contributed by atoms with Crippen molar-refractivity contribution in [3.8, 4) is 11.8 Å². The first-order valence-electron chi connectivity index (χ1n) is 8.73. The van der Waals surface area contributed by atoms with Crippen LogP contribution in [-0.4, -0.2) is 0 Å². The van der Waals surface area contributed by atoms with Crippen LogP contribution < -0.4 is 4.74 Å². The van der Waals surface area contributed by atoms with Crippen molar-refractivity contribution in [2.24, 2.45) is 0 Å². The number of rotatable bonds is 5. The van der Waals surface area contributed by atoms with Gasteiger partial charge in [0.2, 0.25) is 0 Å². The van der Waals surface area contributed by atoms with Crippen LogP contribution in [0.1, 0.15) is 22.3 Å². The quantitative estimate of drug-likeness (QED) is 0.244. The number of benzene rings is 3. The summed E-state index contributed by atoms with van der Waals surface area (Å²) >= 11 is 5.97. The monoisotopic (exact) mass is 431 g/mol. The molecule has 0 saturated heterocycles. The maximum absolute atomic E-state index is 13.8. The predicted molar refractivity (Wildman–Crippen MR) is 107 cm³/mol. The highest BCUT2D eigenvalue weighted by molar-refractivity contribution is 6.31. The third-order valence-corrected chi connectivity index (χ3v) is 4.63. The number of halogens is 5. The van der Waals surface area contributed by atoms with Crippen molar-refractivity contribution in [3.05, 3.63) is 99.8 Å². The third kappa shape index (κ3) is 5.19. The number of nitriles is 1. The molecule has 30 heavy (non-hydrogen) atoms. The zero-order valence-corrected chi connectivity index (χ0v) is 16.1. The molecule has 0 aliphatic rings. The number of ether oxygens (including phenoxy) is 1. The first-order chi connectivity index (χ1) is 14.3. The van der Waals surface area contributed by atoms with Gasteiger partial charge in [0.1, 0.15) is 18.2 Å². The highest BCUT2D eigenvalue weighted by Gasteiger charge is 2.29. The molecule has 2 nitrogen and oxygen atoms in total. The van der Waals surface area contributed by atoms with Gasteiger partial charge >= 0.3 is 6.18 Å². The normalized spacial score (nSPS) is 11.8. The zero-order chi connectivity index (χ0) is 21.7. The highest BCUT2D eigenvalue weighted by Crippen LogP contribution is 2.30. The van der Waals surface area contributed by atoms with Gasteiger partial charge in [0, 0.05) is 5.56 Å². The molecule has 0 atom stereocenters. The summed E-state index contributed by atoms with van der Waals surface area (Å²) in [6.45, 7) is -0.0582. The minimum atomic E-state index is -4.41. The number of hydrogen-bond donors (Lipinski definition) is 0. The van der Waals surface area contributed by atoms with Gasteiger partial charge in [-0.2, -0.15) is 18.4 Å². The van der Waals surface area contributed by atoms with Gasteiger partial charge in [-0.15, -0.1) is 0 Å². The summed E-state index contributed by atoms with van der Waals surface area (Å²) in [6, 6.07) is 17.4. The Morgan fingerprint density at radius 2 is 1.67 bits per heavy atom. The summed E-state index contributed by atoms with van der Waals surface area (Å²) < 4.78 is 57.3. The van der Waals surface area contributed by atoms with Gasteiger partial charge in [-0.3, -0.25) is 0 Å². The molecule has 0 fully saturated rings. The van der Waals surface area contributed by atoms with Crippen LogP contribution in [0.25, 0.3) is 11.6 Å². The molecule has 0 aliphatic carbocycles. The molecule has 0 aromatic heterocycles. The van der Waals surface area contributed by atoms with Gasteiger partial charge in [-0.1, -0.05) is 29.8 Å². The molecule has 0 N–H and O–H groups in total. The van der Waals surface area contributed by atoms with Gasteiger partial charge in [-0.05, 0) is 65.7 Å². The Morgan fingerprint density at radius 1 is 1.00 bits per heavy atom. The fraction of sp³-hybridized carbons (Fsp3) is 0.0870. The fourth-order valence-electron chi connectivity index (χ4n) is 2.67. The lowest BCUT2D eigenvalue weighted by molar-refractivity contribution is -0.137. The van der Waals surface area contributed by atoms with E-state index >= 15 is 0 Å². The molecule has 0 spiro atoms. The lowest BCUT2D eigenvalue weighted by atomic mass is 10.0. The Labute approximate surface area is 175 Å². The van der Waals surface area contributed by atoms with E-state index in [-0.39, 0.29) is 22.8 Å². The van der Waals surface area contributed by atoms with Crippen LogP contribution in [0.15, 0.2) is 66.7 Å². The van der Waals surface area contributed by atoms with E-state index in [1.807, 2.05) is 6.07 Å². The van der Waals surface area contributed by atoms with Crippen molar-refractivity contribution in [1.82, 2.24) is 0 Å². The molecular weight excluding hydrogens is 418 g/mol. The van der Waals surface area contributed by atoms with Crippen LogP contribution in [0, 0.1) is 17.1 Å². The number of allylic oxidation sites excluding steroid dienone is 1. The summed E-state index contributed by atoms with van der Waals surface area (Å²) in [5, 5.41) is 9.68. The molecule has 0 unspecified atom stereocenters. The van der Waals surface area contributed by atoms with Crippen molar-refractivity contribution in [2.75, 3.05) is 0 Å². The SMILES string of the molecule is N#C/C(=C\c1ccc(C(F)(F)F)cc1)c1ccc(OCc2c(F)cccc2Cl)cc1. The summed E-state index contributed by atoms with van der Waals surface area (Å²) in [7, 11) is 0. The van der Waals surface area contributed by atoms with Crippen molar-refractivity contribution in [1.29, 1.82) is 5.26 Å². The summed E-state index contributed by atoms with van der Waals surface area (Å²) in [6.07, 6.45) is -2.92. The molecule has 3 aromatic rings. The average Bonchev–Trinajstić information content (AvgIpc) is 2.72. The first-order valence-corrected chi connectivity index (χ1v) is 9.11. The smallest absolute Gasteiger partial charge is 0.416 e. The molecule has 3 aromatic carbocycles. The van der Waals surface area contributed by atoms with Crippen molar-refractivity contribution < 1.29 is 22.3 Å². The minimum absolute atomic E-state index is 0.0582. The van der Waals surface area contributed by atoms with Crippen molar-refractivity contribution in [3.63, 3.8) is 0 Å². The van der Waals surface area contributed by atoms with E-state index in [9.17, 15) is 22.8 Å². The average molecular weight is 432 g/mol. The van der Waals surface area contributed by atoms with E-state index in [2.05, 4.69) is 0 Å². The topological polar surface area (TPSA) is 33.0 Å². The van der Waals surface area contributed by atoms with E-state index < -0.39 is 17.6 Å². The molecule has 0 radical (unpaired) electrons. The van der Waals surface area contributed by atoms with Gasteiger partial charge < -0.3 is 4.74 Å². The van der Waals surface area contributed by atoms with Gasteiger partial charge in [0.15, 0.2) is 0 Å². The zero-order valence-electron chi connectivity index (χ0n) is 15.4. The van der Waals surface area contributed by atoms with Crippen LogP contribution >= 0.6 is 11.6 Å². The van der Waals surface area contributed by atoms with Gasteiger partial charge in [0.05, 0.1) is 22.2 Å². The van der Waals surface area contributed by atoms with Crippen LogP contribution in [0.4, 0.5) is 17.6 Å². The Morgan fingerprint density at radius 3 is 2.23 bits per heavy atom. The Hall–Kier alpha value is -3.30. The van der Waals surface area contributed by atoms with Gasteiger partial charge in [-0.25, -0.2) is 4.39 Å². The number of nitrogens with zero attached hydrogens (tertiary/aromatic N) is 1. The molecule has 152 valence electrons. The second-order valence-electron chi connectivity index (χ2n) is 6.30. The molecule has 0 amide bonds. The van der Waals surface area contributed by atoms with Crippen LogP contribution in [0.5, 0.6) is 5.75 Å². The largest absolute Gasteiger partial charge is 0.489 e. The predicted octanol–water partition coefficient (Wildman–Crippen LogP) is 7.14. The van der Waals surface area contributed by atoms with E-state index in [4.69, 9.17) is 16.3 Å². The van der Waals surface area contributed by atoms with Crippen LogP contribution in [-0.2, 0) is 12.8 Å². The summed E-state index contributed by atoms with van der Waals surface area (Å²) in [5.41, 5.74) is 0.791. The molecular formula is C23H14ClF4NO. The lowest BCUT2D eigenvalue weighted by Gasteiger charge is -2.09. The van der Waals surface area contributed by atoms with E-state index in [0.29, 0.717) is 16.9 Å². The van der Waals surface area contributed by atoms with Crippen LogP contribution in [0.3, 0.4) is 0 Å². The maximum atomic E-state index is 13.8. The molecule has 0 aliphatic heterocycles. The Balaban J connectivity index is 1.74. The molecule has 7 heteroatoms. The second kappa shape index (κ2) is 9.02. The number of alkyl halides is 3. The minimum Gasteiger partial charge on any atom is -0.489 e. The summed E-state index contributed by atoms with van der Waals surface area (Å²) in [4.78, 5) is 0. The van der Waals surface area contributed by atoms with E-state index in [0.717, 1.165) is 12.1 Å². The van der Waals surface area contributed by atoms with Crippen molar-refractivity contribution >= 4 is 23.3 Å². The molecule has 0 bridgehead atoms. The summed E-state index contributed by atoms with van der Waals surface area (Å²) in [5.74, 6) is -0.0183. The fourth-order valence-corrected chi connectivity index (χ4v) is 2.89. The number of hydrogen-bond acceptors (Lipinski definition) is 2. The molecule has 0 saturated carbocycles. The Kier molecular flexibility index (Phi) is 6.43. The lowest BCUT2D eigenvalue weighted by Crippen LogP contribution is -2.03. The van der Waals surface area contributed by atoms with E-state index in [1.54, 1.807) is 30.3 Å². The van der Waals surface area contributed by atoms with E-state index in [1.165, 1.54) is 30.3 Å². The van der Waals surface area contributed by atoms with Crippen molar-refractivity contribution in [2.45, 2.75) is 12.8 Å². The third-order valence-electron chi connectivity index (χ3n) is 4.28. The molecule has 3 rings (SSSR count). The standard InChI is InChI=1S/C23H14ClF4NO/c24-21-2-1-3-22(25)20(21)14-30-19-10-6-16(7-11-19)17(13-29)12-15-4-8-18(9-5-15)23(26,27)28/h1-12H,14H2/b17-12+. The Bertz CT molecular complexity index is 1080. The van der Waals surface area contributed by atoms with Gasteiger partial charge in [0.25, 0.3) is 0 Å². The molecule has 0 heterocycles. The highest BCUT2D eigenvalue weighted by atomic mass is 35.5.